The van der Waals surface area contributed by atoms with E-state index in [4.69, 9.17) is 4.74 Å². The minimum atomic E-state index is -3.61. The first-order chi connectivity index (χ1) is 9.12. The number of hydrogen-bond acceptors (Lipinski definition) is 4. The zero-order chi connectivity index (χ0) is 13.7. The van der Waals surface area contributed by atoms with E-state index in [1.54, 1.807) is 24.3 Å². The van der Waals surface area contributed by atoms with Crippen LogP contribution in [0.3, 0.4) is 0 Å². The second kappa shape index (κ2) is 5.75. The number of sulfonamides is 1. The van der Waals surface area contributed by atoms with Gasteiger partial charge in [0.25, 0.3) is 10.0 Å². The molecule has 1 heterocycles. The van der Waals surface area contributed by atoms with Gasteiger partial charge in [-0.05, 0) is 30.7 Å². The summed E-state index contributed by atoms with van der Waals surface area (Å²) in [5, 5.41) is 0.0267. The maximum atomic E-state index is 11.9. The molecule has 0 atom stereocenters. The van der Waals surface area contributed by atoms with Crippen LogP contribution in [0.15, 0.2) is 41.8 Å². The van der Waals surface area contributed by atoms with Crippen LogP contribution in [-0.2, 0) is 10.0 Å². The summed E-state index contributed by atoms with van der Waals surface area (Å²) in [6.07, 6.45) is 3.49. The van der Waals surface area contributed by atoms with E-state index in [9.17, 15) is 8.42 Å². The molecule has 19 heavy (non-hydrogen) atoms. The first-order valence-corrected chi connectivity index (χ1v) is 7.34. The summed E-state index contributed by atoms with van der Waals surface area (Å²) >= 11 is 0. The van der Waals surface area contributed by atoms with Crippen molar-refractivity contribution in [1.29, 1.82) is 0 Å². The fourth-order valence-corrected chi connectivity index (χ4v) is 2.40. The van der Waals surface area contributed by atoms with Crippen molar-refractivity contribution in [2.75, 3.05) is 11.3 Å². The number of hydrogen-bond donors (Lipinski definition) is 2. The number of H-pyrrole nitrogens is 1. The molecule has 2 rings (SSSR count). The Labute approximate surface area is 111 Å². The molecule has 0 saturated heterocycles. The standard InChI is InChI=1S/C12H15N3O3S/c1-2-7-18-11-5-3-10(4-6-11)15-19(16,17)12-8-13-9-14-12/h3-6,8-9,15H,2,7H2,1H3,(H,13,14). The van der Waals surface area contributed by atoms with Crippen molar-refractivity contribution < 1.29 is 13.2 Å². The quantitative estimate of drug-likeness (QED) is 0.848. The molecule has 0 aliphatic carbocycles. The van der Waals surface area contributed by atoms with Gasteiger partial charge in [-0.25, -0.2) is 4.98 Å². The number of imidazole rings is 1. The third kappa shape index (κ3) is 3.47. The Balaban J connectivity index is 2.07. The van der Waals surface area contributed by atoms with E-state index in [2.05, 4.69) is 14.7 Å². The maximum Gasteiger partial charge on any atom is 0.278 e. The normalized spacial score (nSPS) is 11.2. The van der Waals surface area contributed by atoms with Crippen molar-refractivity contribution in [3.05, 3.63) is 36.8 Å². The van der Waals surface area contributed by atoms with Gasteiger partial charge in [-0.15, -0.1) is 0 Å². The SMILES string of the molecule is CCCOc1ccc(NS(=O)(=O)c2cnc[nH]2)cc1. The molecule has 7 heteroatoms. The average molecular weight is 281 g/mol. The molecule has 0 fully saturated rings. The molecule has 2 N–H and O–H groups in total. The Hall–Kier alpha value is -2.02. The van der Waals surface area contributed by atoms with Crippen molar-refractivity contribution in [3.8, 4) is 5.75 Å². The third-order valence-corrected chi connectivity index (χ3v) is 3.65. The topological polar surface area (TPSA) is 84.1 Å². The summed E-state index contributed by atoms with van der Waals surface area (Å²) in [7, 11) is -3.61. The molecule has 0 aliphatic rings. The molecule has 1 aromatic heterocycles. The van der Waals surface area contributed by atoms with E-state index in [0.29, 0.717) is 18.0 Å². The van der Waals surface area contributed by atoms with Gasteiger partial charge in [0.15, 0.2) is 5.03 Å². The predicted octanol–water partition coefficient (Wildman–Crippen LogP) is 2.00. The third-order valence-electron chi connectivity index (χ3n) is 2.34. The molecular weight excluding hydrogens is 266 g/mol. The minimum absolute atomic E-state index is 0.0267. The Morgan fingerprint density at radius 1 is 1.32 bits per heavy atom. The Morgan fingerprint density at radius 2 is 2.05 bits per heavy atom. The average Bonchev–Trinajstić information content (AvgIpc) is 2.92. The summed E-state index contributed by atoms with van der Waals surface area (Å²) in [6.45, 7) is 2.66. The lowest BCUT2D eigenvalue weighted by atomic mass is 10.3. The molecule has 2 aromatic rings. The minimum Gasteiger partial charge on any atom is -0.494 e. The van der Waals surface area contributed by atoms with Crippen LogP contribution in [0.1, 0.15) is 13.3 Å². The molecule has 0 aliphatic heterocycles. The summed E-state index contributed by atoms with van der Waals surface area (Å²) < 4.78 is 31.7. The molecule has 102 valence electrons. The van der Waals surface area contributed by atoms with Gasteiger partial charge in [0, 0.05) is 5.69 Å². The predicted molar refractivity (Wildman–Crippen MR) is 71.6 cm³/mol. The van der Waals surface area contributed by atoms with Gasteiger partial charge in [0.2, 0.25) is 0 Å². The zero-order valence-electron chi connectivity index (χ0n) is 10.5. The molecule has 0 amide bonds. The van der Waals surface area contributed by atoms with Crippen molar-refractivity contribution in [2.24, 2.45) is 0 Å². The molecule has 1 aromatic carbocycles. The number of rotatable bonds is 6. The number of nitrogens with zero attached hydrogens (tertiary/aromatic N) is 1. The molecule has 0 bridgehead atoms. The lowest BCUT2D eigenvalue weighted by Gasteiger charge is -2.08. The van der Waals surface area contributed by atoms with Crippen LogP contribution < -0.4 is 9.46 Å². The van der Waals surface area contributed by atoms with Gasteiger partial charge in [-0.2, -0.15) is 8.42 Å². The second-order valence-corrected chi connectivity index (χ2v) is 5.55. The van der Waals surface area contributed by atoms with Crippen molar-refractivity contribution in [2.45, 2.75) is 18.4 Å². The molecule has 0 saturated carbocycles. The summed E-state index contributed by atoms with van der Waals surface area (Å²) in [5.41, 5.74) is 0.471. The molecular formula is C12H15N3O3S. The molecule has 0 radical (unpaired) electrons. The number of ether oxygens (including phenoxy) is 1. The van der Waals surface area contributed by atoms with E-state index in [1.165, 1.54) is 12.5 Å². The van der Waals surface area contributed by atoms with E-state index in [0.717, 1.165) is 6.42 Å². The van der Waals surface area contributed by atoms with Gasteiger partial charge in [-0.1, -0.05) is 6.92 Å². The lowest BCUT2D eigenvalue weighted by molar-refractivity contribution is 0.317. The van der Waals surface area contributed by atoms with Gasteiger partial charge >= 0.3 is 0 Å². The van der Waals surface area contributed by atoms with Gasteiger partial charge in [0.1, 0.15) is 5.75 Å². The molecule has 0 unspecified atom stereocenters. The highest BCUT2D eigenvalue weighted by atomic mass is 32.2. The van der Waals surface area contributed by atoms with Gasteiger partial charge in [-0.3, -0.25) is 4.72 Å². The summed E-state index contributed by atoms with van der Waals surface area (Å²) in [6, 6.07) is 6.75. The largest absolute Gasteiger partial charge is 0.494 e. The number of benzene rings is 1. The highest BCUT2D eigenvalue weighted by Crippen LogP contribution is 2.18. The van der Waals surface area contributed by atoms with Crippen LogP contribution >= 0.6 is 0 Å². The van der Waals surface area contributed by atoms with Crippen LogP contribution in [0, 0.1) is 0 Å². The smallest absolute Gasteiger partial charge is 0.278 e. The Kier molecular flexibility index (Phi) is 4.06. The first-order valence-electron chi connectivity index (χ1n) is 5.86. The summed E-state index contributed by atoms with van der Waals surface area (Å²) in [5.74, 6) is 0.714. The van der Waals surface area contributed by atoms with Crippen LogP contribution in [0.25, 0.3) is 0 Å². The van der Waals surface area contributed by atoms with Crippen molar-refractivity contribution >= 4 is 15.7 Å². The van der Waals surface area contributed by atoms with E-state index >= 15 is 0 Å². The van der Waals surface area contributed by atoms with Gasteiger partial charge < -0.3 is 9.72 Å². The fourth-order valence-electron chi connectivity index (χ4n) is 1.44. The van der Waals surface area contributed by atoms with E-state index in [1.807, 2.05) is 6.92 Å². The highest BCUT2D eigenvalue weighted by molar-refractivity contribution is 7.92. The van der Waals surface area contributed by atoms with Crippen LogP contribution in [0.5, 0.6) is 5.75 Å². The van der Waals surface area contributed by atoms with Crippen LogP contribution in [0.2, 0.25) is 0 Å². The van der Waals surface area contributed by atoms with Crippen LogP contribution in [-0.4, -0.2) is 25.0 Å². The maximum absolute atomic E-state index is 11.9. The van der Waals surface area contributed by atoms with E-state index < -0.39 is 10.0 Å². The Bertz CT molecular complexity index is 606. The zero-order valence-corrected chi connectivity index (χ0v) is 11.3. The lowest BCUT2D eigenvalue weighted by Crippen LogP contribution is -2.13. The van der Waals surface area contributed by atoms with E-state index in [-0.39, 0.29) is 5.03 Å². The molecule has 6 nitrogen and oxygen atoms in total. The number of anilines is 1. The molecule has 0 spiro atoms. The Morgan fingerprint density at radius 3 is 2.63 bits per heavy atom. The fraction of sp³-hybridized carbons (Fsp3) is 0.250. The summed E-state index contributed by atoms with van der Waals surface area (Å²) in [4.78, 5) is 6.23. The first kappa shape index (κ1) is 13.4. The van der Waals surface area contributed by atoms with Crippen molar-refractivity contribution in [1.82, 2.24) is 9.97 Å². The number of nitrogens with one attached hydrogen (secondary N) is 2. The van der Waals surface area contributed by atoms with Crippen LogP contribution in [0.4, 0.5) is 5.69 Å². The van der Waals surface area contributed by atoms with Gasteiger partial charge in [0.05, 0.1) is 19.1 Å². The number of aromatic amines is 1. The monoisotopic (exact) mass is 281 g/mol. The highest BCUT2D eigenvalue weighted by Gasteiger charge is 2.15. The number of aromatic nitrogens is 2. The second-order valence-electron chi connectivity index (χ2n) is 3.89. The van der Waals surface area contributed by atoms with Crippen molar-refractivity contribution in [3.63, 3.8) is 0 Å².